The first-order valence-electron chi connectivity index (χ1n) is 10.0. The Morgan fingerprint density at radius 3 is 2.59 bits per heavy atom. The number of nitrogens with zero attached hydrogens (tertiary/aromatic N) is 1. The number of esters is 1. The highest BCUT2D eigenvalue weighted by atomic mass is 35.5. The van der Waals surface area contributed by atoms with Crippen molar-refractivity contribution in [2.75, 3.05) is 12.4 Å². The molecule has 0 aliphatic carbocycles. The molecule has 0 fully saturated rings. The molecule has 6 nitrogen and oxygen atoms in total. The SMILES string of the molecule is COC(=O)c1nc(Cl)ccc1NC(C)c1cc(C)cc2c(=O)cc(-c3ccccc3)oc12. The van der Waals surface area contributed by atoms with Crippen LogP contribution in [0.25, 0.3) is 22.3 Å². The van der Waals surface area contributed by atoms with E-state index >= 15 is 0 Å². The van der Waals surface area contributed by atoms with Gasteiger partial charge in [-0.1, -0.05) is 48.0 Å². The fourth-order valence-electron chi connectivity index (χ4n) is 3.62. The third kappa shape index (κ3) is 4.22. The minimum atomic E-state index is -0.603. The van der Waals surface area contributed by atoms with Crippen LogP contribution in [0.4, 0.5) is 5.69 Å². The number of carbonyl (C=O) groups is 1. The highest BCUT2D eigenvalue weighted by Crippen LogP contribution is 2.31. The second-order valence-electron chi connectivity index (χ2n) is 7.46. The average Bonchev–Trinajstić information content (AvgIpc) is 2.80. The van der Waals surface area contributed by atoms with Gasteiger partial charge in [0.25, 0.3) is 0 Å². The number of hydrogen-bond donors (Lipinski definition) is 1. The molecule has 2 aromatic heterocycles. The van der Waals surface area contributed by atoms with Crippen molar-refractivity contribution in [1.82, 2.24) is 4.98 Å². The summed E-state index contributed by atoms with van der Waals surface area (Å²) in [5, 5.41) is 3.96. The van der Waals surface area contributed by atoms with Gasteiger partial charge < -0.3 is 14.5 Å². The van der Waals surface area contributed by atoms with Gasteiger partial charge in [-0.2, -0.15) is 0 Å². The summed E-state index contributed by atoms with van der Waals surface area (Å²) in [6.45, 7) is 3.84. The number of aromatic nitrogens is 1. The maximum absolute atomic E-state index is 12.9. The number of rotatable bonds is 5. The molecule has 0 radical (unpaired) electrons. The lowest BCUT2D eigenvalue weighted by atomic mass is 10.0. The quantitative estimate of drug-likeness (QED) is 0.308. The van der Waals surface area contributed by atoms with E-state index < -0.39 is 5.97 Å². The number of fused-ring (bicyclic) bond motifs is 1. The standard InChI is InChI=1S/C25H21ClN2O4/c1-14-11-17(15(2)27-19-9-10-22(26)28-23(19)25(30)31-3)24-18(12-14)20(29)13-21(32-24)16-7-5-4-6-8-16/h4-13,15,27H,1-3H3. The predicted octanol–water partition coefficient (Wildman–Crippen LogP) is 5.78. The Morgan fingerprint density at radius 2 is 1.88 bits per heavy atom. The fraction of sp³-hybridized carbons (Fsp3) is 0.160. The van der Waals surface area contributed by atoms with Gasteiger partial charge in [0, 0.05) is 17.2 Å². The van der Waals surface area contributed by atoms with Gasteiger partial charge in [-0.25, -0.2) is 9.78 Å². The summed E-state index contributed by atoms with van der Waals surface area (Å²) >= 11 is 5.97. The Hall–Kier alpha value is -3.64. The highest BCUT2D eigenvalue weighted by molar-refractivity contribution is 6.29. The van der Waals surface area contributed by atoms with E-state index in [1.54, 1.807) is 12.1 Å². The molecule has 1 N–H and O–H groups in total. The largest absolute Gasteiger partial charge is 0.464 e. The number of pyridine rings is 1. The van der Waals surface area contributed by atoms with Crippen LogP contribution in [0.1, 0.15) is 34.6 Å². The van der Waals surface area contributed by atoms with Crippen LogP contribution >= 0.6 is 11.6 Å². The van der Waals surface area contributed by atoms with E-state index in [2.05, 4.69) is 10.3 Å². The van der Waals surface area contributed by atoms with E-state index in [0.717, 1.165) is 16.7 Å². The number of halogens is 1. The van der Waals surface area contributed by atoms with Crippen LogP contribution < -0.4 is 10.7 Å². The molecular formula is C25H21ClN2O4. The lowest BCUT2D eigenvalue weighted by molar-refractivity contribution is 0.0595. The first-order chi connectivity index (χ1) is 15.4. The van der Waals surface area contributed by atoms with Crippen molar-refractivity contribution in [2.45, 2.75) is 19.9 Å². The number of nitrogens with one attached hydrogen (secondary N) is 1. The summed E-state index contributed by atoms with van der Waals surface area (Å²) in [7, 11) is 1.28. The van der Waals surface area contributed by atoms with Crippen LogP contribution in [0.2, 0.25) is 5.15 Å². The molecule has 0 aliphatic rings. The van der Waals surface area contributed by atoms with Crippen LogP contribution in [0, 0.1) is 6.92 Å². The molecule has 162 valence electrons. The summed E-state index contributed by atoms with van der Waals surface area (Å²) in [6.07, 6.45) is 0. The van der Waals surface area contributed by atoms with E-state index in [4.69, 9.17) is 20.8 Å². The Labute approximate surface area is 189 Å². The lowest BCUT2D eigenvalue weighted by Crippen LogP contribution is -2.14. The average molecular weight is 449 g/mol. The fourth-order valence-corrected chi connectivity index (χ4v) is 3.76. The van der Waals surface area contributed by atoms with Crippen LogP contribution in [-0.4, -0.2) is 18.1 Å². The van der Waals surface area contributed by atoms with Crippen molar-refractivity contribution >= 4 is 34.2 Å². The van der Waals surface area contributed by atoms with Gasteiger partial charge >= 0.3 is 5.97 Å². The molecule has 7 heteroatoms. The summed E-state index contributed by atoms with van der Waals surface area (Å²) in [5.41, 5.74) is 3.42. The number of carbonyl (C=O) groups excluding carboxylic acids is 1. The molecular weight excluding hydrogens is 428 g/mol. The number of hydrogen-bond acceptors (Lipinski definition) is 6. The van der Waals surface area contributed by atoms with E-state index in [9.17, 15) is 9.59 Å². The zero-order valence-corrected chi connectivity index (χ0v) is 18.6. The van der Waals surface area contributed by atoms with Crippen LogP contribution in [0.5, 0.6) is 0 Å². The van der Waals surface area contributed by atoms with Gasteiger partial charge in [0.05, 0.1) is 24.2 Å². The highest BCUT2D eigenvalue weighted by Gasteiger charge is 2.20. The van der Waals surface area contributed by atoms with Gasteiger partial charge in [0.2, 0.25) is 0 Å². The maximum Gasteiger partial charge on any atom is 0.358 e. The first kappa shape index (κ1) is 21.6. The zero-order valence-electron chi connectivity index (χ0n) is 17.8. The second kappa shape index (κ2) is 8.85. The minimum absolute atomic E-state index is 0.0789. The van der Waals surface area contributed by atoms with Gasteiger partial charge in [0.1, 0.15) is 16.5 Å². The summed E-state index contributed by atoms with van der Waals surface area (Å²) in [5.74, 6) is -0.113. The topological polar surface area (TPSA) is 81.4 Å². The predicted molar refractivity (Wildman–Crippen MR) is 125 cm³/mol. The summed E-state index contributed by atoms with van der Waals surface area (Å²) < 4.78 is 11.1. The van der Waals surface area contributed by atoms with Crippen molar-refractivity contribution in [3.8, 4) is 11.3 Å². The Balaban J connectivity index is 1.83. The molecule has 1 unspecified atom stereocenters. The third-order valence-corrected chi connectivity index (χ3v) is 5.35. The van der Waals surface area contributed by atoms with E-state index in [1.165, 1.54) is 13.2 Å². The molecule has 0 aliphatic heterocycles. The number of aryl methyl sites for hydroxylation is 1. The molecule has 4 rings (SSSR count). The molecule has 0 spiro atoms. The van der Waals surface area contributed by atoms with Crippen LogP contribution in [0.15, 0.2) is 69.9 Å². The molecule has 32 heavy (non-hydrogen) atoms. The summed E-state index contributed by atoms with van der Waals surface area (Å²) in [6, 6.07) is 17.7. The Kier molecular flexibility index (Phi) is 5.97. The Morgan fingerprint density at radius 1 is 1.12 bits per heavy atom. The van der Waals surface area contributed by atoms with Crippen LogP contribution in [-0.2, 0) is 4.74 Å². The number of anilines is 1. The second-order valence-corrected chi connectivity index (χ2v) is 7.85. The monoisotopic (exact) mass is 448 g/mol. The molecule has 0 amide bonds. The van der Waals surface area contributed by atoms with Crippen molar-refractivity contribution in [2.24, 2.45) is 0 Å². The number of ether oxygens (including phenoxy) is 1. The first-order valence-corrected chi connectivity index (χ1v) is 10.4. The normalized spacial score (nSPS) is 11.9. The van der Waals surface area contributed by atoms with Gasteiger partial charge in [-0.15, -0.1) is 0 Å². The van der Waals surface area contributed by atoms with E-state index in [-0.39, 0.29) is 22.3 Å². The van der Waals surface area contributed by atoms with Crippen molar-refractivity contribution in [3.05, 3.63) is 92.9 Å². The Bertz CT molecular complexity index is 1370. The smallest absolute Gasteiger partial charge is 0.358 e. The summed E-state index contributed by atoms with van der Waals surface area (Å²) in [4.78, 5) is 29.2. The van der Waals surface area contributed by atoms with E-state index in [1.807, 2.05) is 56.3 Å². The van der Waals surface area contributed by atoms with Crippen molar-refractivity contribution < 1.29 is 13.9 Å². The van der Waals surface area contributed by atoms with E-state index in [0.29, 0.717) is 22.4 Å². The molecule has 0 saturated heterocycles. The molecule has 0 bridgehead atoms. The molecule has 4 aromatic rings. The molecule has 0 saturated carbocycles. The number of methoxy groups -OCH3 is 1. The molecule has 1 atom stereocenters. The maximum atomic E-state index is 12.9. The molecule has 2 aromatic carbocycles. The third-order valence-electron chi connectivity index (χ3n) is 5.14. The lowest BCUT2D eigenvalue weighted by Gasteiger charge is -2.19. The molecule has 2 heterocycles. The van der Waals surface area contributed by atoms with Crippen molar-refractivity contribution in [3.63, 3.8) is 0 Å². The van der Waals surface area contributed by atoms with Crippen LogP contribution in [0.3, 0.4) is 0 Å². The number of benzene rings is 2. The zero-order chi connectivity index (χ0) is 22.8. The van der Waals surface area contributed by atoms with Crippen molar-refractivity contribution in [1.29, 1.82) is 0 Å². The van der Waals surface area contributed by atoms with Gasteiger partial charge in [-0.3, -0.25) is 4.79 Å². The minimum Gasteiger partial charge on any atom is -0.464 e. The van der Waals surface area contributed by atoms with Gasteiger partial charge in [-0.05, 0) is 37.6 Å². The van der Waals surface area contributed by atoms with Gasteiger partial charge in [0.15, 0.2) is 11.1 Å².